The minimum atomic E-state index is -0.969. The number of hydrogen-bond donors (Lipinski definition) is 0. The van der Waals surface area contributed by atoms with Gasteiger partial charge in [0.1, 0.15) is 5.37 Å². The van der Waals surface area contributed by atoms with E-state index in [-0.39, 0.29) is 23.3 Å². The van der Waals surface area contributed by atoms with Gasteiger partial charge in [-0.2, -0.15) is 0 Å². The van der Waals surface area contributed by atoms with Crippen molar-refractivity contribution in [2.24, 2.45) is 10.9 Å². The van der Waals surface area contributed by atoms with Gasteiger partial charge in [-0.15, -0.1) is 11.6 Å². The normalized spacial score (nSPS) is 25.7. The molecule has 0 N–H and O–H groups in total. The van der Waals surface area contributed by atoms with Gasteiger partial charge in [-0.05, 0) is 42.4 Å². The third-order valence-electron chi connectivity index (χ3n) is 7.91. The molecule has 1 aliphatic carbocycles. The van der Waals surface area contributed by atoms with Crippen molar-refractivity contribution >= 4 is 40.3 Å². The molecule has 2 aromatic rings. The highest BCUT2D eigenvalue weighted by Gasteiger charge is 2.57. The SMILES string of the molecule is C=C(CCl)C(C(=O)OC(c1ccccc1)c1ccccc1)N1C(=O)C2N=C(C3CCCCC(OC)CC3)SC21. The van der Waals surface area contributed by atoms with Gasteiger partial charge in [-0.3, -0.25) is 9.79 Å². The highest BCUT2D eigenvalue weighted by atomic mass is 35.5. The summed E-state index contributed by atoms with van der Waals surface area (Å²) in [6.45, 7) is 4.06. The number of likely N-dealkylation sites (tertiary alicyclic amines) is 1. The van der Waals surface area contributed by atoms with Crippen molar-refractivity contribution in [2.45, 2.75) is 68.2 Å². The van der Waals surface area contributed by atoms with Gasteiger partial charge < -0.3 is 14.4 Å². The number of aliphatic imine (C=N–C) groups is 1. The first-order valence-electron chi connectivity index (χ1n) is 13.6. The molecule has 0 spiro atoms. The van der Waals surface area contributed by atoms with E-state index in [1.165, 1.54) is 0 Å². The monoisotopic (exact) mass is 566 g/mol. The Hall–Kier alpha value is -2.61. The third kappa shape index (κ3) is 5.96. The first-order valence-corrected chi connectivity index (χ1v) is 15.1. The van der Waals surface area contributed by atoms with Crippen LogP contribution in [0, 0.1) is 5.92 Å². The van der Waals surface area contributed by atoms with E-state index in [4.69, 9.17) is 26.1 Å². The Morgan fingerprint density at radius 1 is 1.05 bits per heavy atom. The van der Waals surface area contributed by atoms with E-state index in [0.29, 0.717) is 11.5 Å². The summed E-state index contributed by atoms with van der Waals surface area (Å²) in [5, 5.41) is 0.772. The number of amides is 1. The first kappa shape index (κ1) is 27.9. The second kappa shape index (κ2) is 12.7. The summed E-state index contributed by atoms with van der Waals surface area (Å²) in [6.07, 6.45) is 6.06. The molecule has 0 bridgehead atoms. The fourth-order valence-electron chi connectivity index (χ4n) is 5.71. The Balaban J connectivity index is 1.34. The average Bonchev–Trinajstić information content (AvgIpc) is 3.35. The Morgan fingerprint density at radius 2 is 1.69 bits per heavy atom. The molecule has 1 saturated heterocycles. The lowest BCUT2D eigenvalue weighted by Crippen LogP contribution is -2.66. The molecule has 8 heteroatoms. The van der Waals surface area contributed by atoms with Crippen LogP contribution in [0.25, 0.3) is 0 Å². The van der Waals surface area contributed by atoms with Crippen molar-refractivity contribution in [3.63, 3.8) is 0 Å². The smallest absolute Gasteiger partial charge is 0.334 e. The second-order valence-electron chi connectivity index (χ2n) is 10.4. The molecule has 5 atom stereocenters. The Labute approximate surface area is 239 Å². The van der Waals surface area contributed by atoms with Gasteiger partial charge in [-0.25, -0.2) is 4.79 Å². The first-order chi connectivity index (χ1) is 19.0. The molecule has 206 valence electrons. The predicted molar refractivity (Wildman–Crippen MR) is 156 cm³/mol. The molecule has 2 heterocycles. The highest BCUT2D eigenvalue weighted by molar-refractivity contribution is 8.14. The number of esters is 1. The summed E-state index contributed by atoms with van der Waals surface area (Å²) in [5.74, 6) is -0.349. The third-order valence-corrected chi connectivity index (χ3v) is 9.66. The number of hydrogen-bond acceptors (Lipinski definition) is 6. The van der Waals surface area contributed by atoms with Crippen LogP contribution in [0.3, 0.4) is 0 Å². The van der Waals surface area contributed by atoms with Crippen LogP contribution >= 0.6 is 23.4 Å². The van der Waals surface area contributed by atoms with Crippen LogP contribution in [0.5, 0.6) is 0 Å². The van der Waals surface area contributed by atoms with E-state index in [9.17, 15) is 9.59 Å². The molecular weight excluding hydrogens is 532 g/mol. The standard InChI is InChI=1S/C31H35ClN2O4S/c1-20(19-32)26(31(36)38-27(21-11-5-3-6-12-21)22-13-7-4-8-14-22)34-29(35)25-30(34)39-28(33-25)23-15-9-10-16-24(37-2)18-17-23/h3-8,11-14,23-27,30H,1,9-10,15-19H2,2H3. The minimum Gasteiger partial charge on any atom is -0.451 e. The van der Waals surface area contributed by atoms with Gasteiger partial charge in [-0.1, -0.05) is 91.8 Å². The number of benzene rings is 2. The summed E-state index contributed by atoms with van der Waals surface area (Å²) < 4.78 is 11.8. The van der Waals surface area contributed by atoms with Gasteiger partial charge >= 0.3 is 5.97 Å². The van der Waals surface area contributed by atoms with Crippen LogP contribution in [0.15, 0.2) is 77.8 Å². The maximum Gasteiger partial charge on any atom is 0.334 e. The molecule has 2 fully saturated rings. The van der Waals surface area contributed by atoms with E-state index < -0.39 is 24.2 Å². The molecule has 0 aromatic heterocycles. The fraction of sp³-hybridized carbons (Fsp3) is 0.452. The maximum atomic E-state index is 13.8. The summed E-state index contributed by atoms with van der Waals surface area (Å²) in [7, 11) is 1.78. The molecule has 0 radical (unpaired) electrons. The zero-order chi connectivity index (χ0) is 27.4. The zero-order valence-corrected chi connectivity index (χ0v) is 23.8. The van der Waals surface area contributed by atoms with Crippen LogP contribution in [-0.4, -0.2) is 58.4 Å². The van der Waals surface area contributed by atoms with E-state index in [1.54, 1.807) is 23.8 Å². The summed E-state index contributed by atoms with van der Waals surface area (Å²) in [6, 6.07) is 17.8. The maximum absolute atomic E-state index is 13.8. The van der Waals surface area contributed by atoms with Gasteiger partial charge in [0.25, 0.3) is 5.91 Å². The summed E-state index contributed by atoms with van der Waals surface area (Å²) >= 11 is 7.81. The highest BCUT2D eigenvalue weighted by Crippen LogP contribution is 2.45. The van der Waals surface area contributed by atoms with Crippen molar-refractivity contribution < 1.29 is 19.1 Å². The van der Waals surface area contributed by atoms with Gasteiger partial charge in [0.2, 0.25) is 0 Å². The number of β-lactam (4-membered cyclic amide) rings is 1. The number of nitrogens with zero attached hydrogens (tertiary/aromatic N) is 2. The number of rotatable bonds is 9. The molecule has 1 amide bonds. The average molecular weight is 567 g/mol. The van der Waals surface area contributed by atoms with E-state index in [1.807, 2.05) is 60.7 Å². The van der Waals surface area contributed by atoms with Crippen molar-refractivity contribution in [3.8, 4) is 0 Å². The van der Waals surface area contributed by atoms with Crippen LogP contribution in [0.1, 0.15) is 55.8 Å². The van der Waals surface area contributed by atoms with Crippen molar-refractivity contribution in [1.82, 2.24) is 4.90 Å². The lowest BCUT2D eigenvalue weighted by molar-refractivity contribution is -0.163. The number of alkyl halides is 1. The number of ether oxygens (including phenoxy) is 2. The molecule has 5 unspecified atom stereocenters. The Bertz CT molecular complexity index is 1170. The Morgan fingerprint density at radius 3 is 2.31 bits per heavy atom. The summed E-state index contributed by atoms with van der Waals surface area (Å²) in [5.41, 5.74) is 2.13. The lowest BCUT2D eigenvalue weighted by Gasteiger charge is -2.45. The largest absolute Gasteiger partial charge is 0.451 e. The Kier molecular flexibility index (Phi) is 9.10. The zero-order valence-electron chi connectivity index (χ0n) is 22.2. The van der Waals surface area contributed by atoms with E-state index in [2.05, 4.69) is 6.58 Å². The van der Waals surface area contributed by atoms with Crippen molar-refractivity contribution in [1.29, 1.82) is 0 Å². The number of thioether (sulfide) groups is 1. The van der Waals surface area contributed by atoms with Gasteiger partial charge in [0.15, 0.2) is 18.2 Å². The molecule has 6 nitrogen and oxygen atoms in total. The number of fused-ring (bicyclic) bond motifs is 1. The molecule has 3 aliphatic rings. The number of methoxy groups -OCH3 is 1. The van der Waals surface area contributed by atoms with Crippen LogP contribution < -0.4 is 0 Å². The van der Waals surface area contributed by atoms with Crippen LogP contribution in [-0.2, 0) is 19.1 Å². The predicted octanol–water partition coefficient (Wildman–Crippen LogP) is 6.15. The number of carbonyl (C=O) groups excluding carboxylic acids is 2. The van der Waals surface area contributed by atoms with E-state index in [0.717, 1.165) is 54.7 Å². The van der Waals surface area contributed by atoms with Crippen molar-refractivity contribution in [2.75, 3.05) is 13.0 Å². The van der Waals surface area contributed by atoms with Crippen LogP contribution in [0.2, 0.25) is 0 Å². The van der Waals surface area contributed by atoms with Crippen molar-refractivity contribution in [3.05, 3.63) is 83.9 Å². The molecule has 5 rings (SSSR count). The topological polar surface area (TPSA) is 68.2 Å². The molecule has 2 aromatic carbocycles. The van der Waals surface area contributed by atoms with Gasteiger partial charge in [0, 0.05) is 18.9 Å². The molecule has 39 heavy (non-hydrogen) atoms. The minimum absolute atomic E-state index is 0.0433. The molecular formula is C31H35ClN2O4S. The lowest BCUT2D eigenvalue weighted by atomic mass is 9.90. The number of halogens is 1. The summed E-state index contributed by atoms with van der Waals surface area (Å²) in [4.78, 5) is 33.6. The molecule has 2 aliphatic heterocycles. The van der Waals surface area contributed by atoms with Crippen LogP contribution in [0.4, 0.5) is 0 Å². The van der Waals surface area contributed by atoms with Gasteiger partial charge in [0.05, 0.1) is 11.1 Å². The fourth-order valence-corrected chi connectivity index (χ4v) is 7.35. The molecule has 1 saturated carbocycles. The quantitative estimate of drug-likeness (QED) is 0.158. The number of carbonyl (C=O) groups is 2. The second-order valence-corrected chi connectivity index (χ2v) is 11.8. The van der Waals surface area contributed by atoms with E-state index >= 15 is 0 Å².